The van der Waals surface area contributed by atoms with Crippen LogP contribution in [0.15, 0.2) is 24.3 Å². The number of rotatable bonds is 3. The first-order valence-electron chi connectivity index (χ1n) is 6.21. The van der Waals surface area contributed by atoms with Crippen molar-refractivity contribution in [2.45, 2.75) is 18.9 Å². The number of aliphatic hydroxyl groups is 1. The van der Waals surface area contributed by atoms with Crippen molar-refractivity contribution in [3.05, 3.63) is 24.3 Å². The highest BCUT2D eigenvalue weighted by Gasteiger charge is 2.28. The molecule has 0 saturated heterocycles. The van der Waals surface area contributed by atoms with Gasteiger partial charge < -0.3 is 10.0 Å². The van der Waals surface area contributed by atoms with Crippen molar-refractivity contribution in [2.24, 2.45) is 5.92 Å². The molecule has 0 bridgehead atoms. The van der Waals surface area contributed by atoms with Crippen LogP contribution in [0.4, 0.5) is 5.95 Å². The quantitative estimate of drug-likeness (QED) is 0.880. The minimum Gasteiger partial charge on any atom is -0.393 e. The third-order valence-corrected chi connectivity index (χ3v) is 3.43. The Morgan fingerprint density at radius 2 is 1.94 bits per heavy atom. The smallest absolute Gasteiger partial charge is 0.245 e. The summed E-state index contributed by atoms with van der Waals surface area (Å²) in [7, 11) is 1.97. The summed E-state index contributed by atoms with van der Waals surface area (Å²) in [6, 6.07) is 7.72. The SMILES string of the molecule is CN(CC1CC(O)C1)c1nnc2ccccc2n1. The van der Waals surface area contributed by atoms with E-state index >= 15 is 0 Å². The van der Waals surface area contributed by atoms with Gasteiger partial charge in [-0.3, -0.25) is 0 Å². The van der Waals surface area contributed by atoms with E-state index in [0.717, 1.165) is 30.4 Å². The summed E-state index contributed by atoms with van der Waals surface area (Å²) < 4.78 is 0. The van der Waals surface area contributed by atoms with E-state index in [-0.39, 0.29) is 6.10 Å². The van der Waals surface area contributed by atoms with Crippen LogP contribution in [0, 0.1) is 5.92 Å². The van der Waals surface area contributed by atoms with Gasteiger partial charge in [0.1, 0.15) is 5.52 Å². The van der Waals surface area contributed by atoms with Gasteiger partial charge in [0.15, 0.2) is 0 Å². The lowest BCUT2D eigenvalue weighted by Gasteiger charge is -2.34. The van der Waals surface area contributed by atoms with Crippen molar-refractivity contribution in [2.75, 3.05) is 18.5 Å². The van der Waals surface area contributed by atoms with Gasteiger partial charge in [0.2, 0.25) is 5.95 Å². The number of fused-ring (bicyclic) bond motifs is 1. The fraction of sp³-hybridized carbons (Fsp3) is 0.462. The molecule has 1 fully saturated rings. The second-order valence-corrected chi connectivity index (χ2v) is 4.97. The standard InChI is InChI=1S/C13H16N4O/c1-17(8-9-6-10(18)7-9)13-14-11-4-2-3-5-12(11)15-16-13/h2-5,9-10,18H,6-8H2,1H3. The second kappa shape index (κ2) is 4.49. The van der Waals surface area contributed by atoms with Gasteiger partial charge >= 0.3 is 0 Å². The molecular formula is C13H16N4O. The lowest BCUT2D eigenvalue weighted by atomic mass is 9.82. The second-order valence-electron chi connectivity index (χ2n) is 4.97. The van der Waals surface area contributed by atoms with Crippen molar-refractivity contribution < 1.29 is 5.11 Å². The van der Waals surface area contributed by atoms with Crippen LogP contribution < -0.4 is 4.90 Å². The van der Waals surface area contributed by atoms with Gasteiger partial charge in [0, 0.05) is 13.6 Å². The first kappa shape index (κ1) is 11.3. The van der Waals surface area contributed by atoms with E-state index in [1.165, 1.54) is 0 Å². The maximum atomic E-state index is 9.28. The first-order chi connectivity index (χ1) is 8.72. The van der Waals surface area contributed by atoms with Crippen molar-refractivity contribution in [1.29, 1.82) is 0 Å². The molecule has 18 heavy (non-hydrogen) atoms. The minimum atomic E-state index is -0.112. The normalized spacial score (nSPS) is 22.8. The number of benzene rings is 1. The molecule has 5 heteroatoms. The number of aliphatic hydroxyl groups excluding tert-OH is 1. The molecule has 1 aromatic carbocycles. The monoisotopic (exact) mass is 244 g/mol. The van der Waals surface area contributed by atoms with Gasteiger partial charge in [-0.2, -0.15) is 0 Å². The molecule has 0 amide bonds. The van der Waals surface area contributed by atoms with Gasteiger partial charge in [-0.1, -0.05) is 12.1 Å². The molecule has 0 spiro atoms. The molecule has 1 aromatic heterocycles. The predicted molar refractivity (Wildman–Crippen MR) is 69.3 cm³/mol. The van der Waals surface area contributed by atoms with Crippen molar-refractivity contribution in [1.82, 2.24) is 15.2 Å². The van der Waals surface area contributed by atoms with Crippen LogP contribution in [-0.4, -0.2) is 40.0 Å². The van der Waals surface area contributed by atoms with Crippen LogP contribution in [0.3, 0.4) is 0 Å². The van der Waals surface area contributed by atoms with Gasteiger partial charge in [-0.15, -0.1) is 10.2 Å². The average molecular weight is 244 g/mol. The summed E-state index contributed by atoms with van der Waals surface area (Å²) in [5.74, 6) is 1.19. The molecule has 1 heterocycles. The fourth-order valence-corrected chi connectivity index (χ4v) is 2.35. The molecule has 0 radical (unpaired) electrons. The average Bonchev–Trinajstić information content (AvgIpc) is 2.36. The molecule has 3 rings (SSSR count). The molecule has 1 N–H and O–H groups in total. The Kier molecular flexibility index (Phi) is 2.83. The van der Waals surface area contributed by atoms with Crippen LogP contribution in [0.1, 0.15) is 12.8 Å². The number of hydrogen-bond donors (Lipinski definition) is 1. The highest BCUT2D eigenvalue weighted by atomic mass is 16.3. The predicted octanol–water partition coefficient (Wildman–Crippen LogP) is 1.23. The summed E-state index contributed by atoms with van der Waals surface area (Å²) >= 11 is 0. The fourth-order valence-electron chi connectivity index (χ4n) is 2.35. The molecule has 2 aromatic rings. The Morgan fingerprint density at radius 3 is 2.67 bits per heavy atom. The molecule has 0 atom stereocenters. The van der Waals surface area contributed by atoms with Gasteiger partial charge in [0.05, 0.1) is 11.6 Å². The lowest BCUT2D eigenvalue weighted by Crippen LogP contribution is -2.37. The highest BCUT2D eigenvalue weighted by molar-refractivity contribution is 5.74. The van der Waals surface area contributed by atoms with Crippen LogP contribution in [0.5, 0.6) is 0 Å². The summed E-state index contributed by atoms with van der Waals surface area (Å²) in [5, 5.41) is 17.6. The van der Waals surface area contributed by atoms with E-state index in [1.54, 1.807) is 0 Å². The van der Waals surface area contributed by atoms with Crippen LogP contribution in [0.25, 0.3) is 11.0 Å². The number of nitrogens with zero attached hydrogens (tertiary/aromatic N) is 4. The van der Waals surface area contributed by atoms with E-state index in [2.05, 4.69) is 15.2 Å². The molecular weight excluding hydrogens is 228 g/mol. The van der Waals surface area contributed by atoms with Crippen LogP contribution >= 0.6 is 0 Å². The maximum Gasteiger partial charge on any atom is 0.245 e. The molecule has 0 aliphatic heterocycles. The van der Waals surface area contributed by atoms with Crippen molar-refractivity contribution >= 4 is 17.0 Å². The number of hydrogen-bond acceptors (Lipinski definition) is 5. The summed E-state index contributed by atoms with van der Waals surface area (Å²) in [6.07, 6.45) is 1.65. The molecule has 1 aliphatic rings. The van der Waals surface area contributed by atoms with Crippen molar-refractivity contribution in [3.63, 3.8) is 0 Å². The first-order valence-corrected chi connectivity index (χ1v) is 6.21. The van der Waals surface area contributed by atoms with Crippen LogP contribution in [-0.2, 0) is 0 Å². The molecule has 5 nitrogen and oxygen atoms in total. The Hall–Kier alpha value is -1.75. The summed E-state index contributed by atoms with van der Waals surface area (Å²) in [5.41, 5.74) is 1.68. The van der Waals surface area contributed by atoms with E-state index in [1.807, 2.05) is 36.2 Å². The number of anilines is 1. The summed E-state index contributed by atoms with van der Waals surface area (Å²) in [4.78, 5) is 6.51. The molecule has 0 unspecified atom stereocenters. The zero-order chi connectivity index (χ0) is 12.5. The van der Waals surface area contributed by atoms with E-state index in [9.17, 15) is 5.11 Å². The molecule has 1 saturated carbocycles. The Bertz CT molecular complexity index is 553. The third kappa shape index (κ3) is 2.13. The van der Waals surface area contributed by atoms with Gasteiger partial charge in [-0.05, 0) is 30.9 Å². The Balaban J connectivity index is 1.76. The summed E-state index contributed by atoms with van der Waals surface area (Å²) in [6.45, 7) is 0.872. The van der Waals surface area contributed by atoms with E-state index in [4.69, 9.17) is 0 Å². The zero-order valence-electron chi connectivity index (χ0n) is 10.3. The largest absolute Gasteiger partial charge is 0.393 e. The Morgan fingerprint density at radius 1 is 1.22 bits per heavy atom. The molecule has 1 aliphatic carbocycles. The number of aromatic nitrogens is 3. The van der Waals surface area contributed by atoms with E-state index < -0.39 is 0 Å². The number of para-hydroxylation sites is 1. The minimum absolute atomic E-state index is 0.112. The lowest BCUT2D eigenvalue weighted by molar-refractivity contribution is 0.0463. The molecule has 94 valence electrons. The van der Waals surface area contributed by atoms with Gasteiger partial charge in [0.25, 0.3) is 0 Å². The van der Waals surface area contributed by atoms with Crippen molar-refractivity contribution in [3.8, 4) is 0 Å². The third-order valence-electron chi connectivity index (χ3n) is 3.43. The highest BCUT2D eigenvalue weighted by Crippen LogP contribution is 2.28. The Labute approximate surface area is 105 Å². The van der Waals surface area contributed by atoms with E-state index in [0.29, 0.717) is 11.9 Å². The van der Waals surface area contributed by atoms with Gasteiger partial charge in [-0.25, -0.2) is 4.98 Å². The van der Waals surface area contributed by atoms with Crippen LogP contribution in [0.2, 0.25) is 0 Å². The topological polar surface area (TPSA) is 62.1 Å². The zero-order valence-corrected chi connectivity index (χ0v) is 10.3. The maximum absolute atomic E-state index is 9.28.